The number of phenolic OH excluding ortho intramolecular Hbond substituents is 1. The molecule has 0 unspecified atom stereocenters. The topological polar surface area (TPSA) is 402 Å². The van der Waals surface area contributed by atoms with Crippen LogP contribution in [0.3, 0.4) is 0 Å². The number of primary amides is 2. The third kappa shape index (κ3) is 19.3. The average Bonchev–Trinajstić information content (AvgIpc) is 3.22. The molecule has 0 saturated carbocycles. The molecule has 23 heteroatoms. The van der Waals surface area contributed by atoms with Gasteiger partial charge in [-0.25, -0.2) is 4.79 Å². The van der Waals surface area contributed by atoms with Crippen molar-refractivity contribution in [3.63, 3.8) is 0 Å². The average molecular weight is 900 g/mol. The number of hydrogen-bond donors (Lipinski definition) is 13. The second-order valence-corrected chi connectivity index (χ2v) is 15.3. The van der Waals surface area contributed by atoms with E-state index in [4.69, 9.17) is 22.3 Å². The summed E-state index contributed by atoms with van der Waals surface area (Å²) >= 11 is 0. The van der Waals surface area contributed by atoms with Crippen LogP contribution in [0.5, 0.6) is 5.75 Å². The first kappa shape index (κ1) is 53.0. The number of carbonyl (C=O) groups is 10. The Morgan fingerprint density at radius 1 is 0.547 bits per heavy atom. The Morgan fingerprint density at radius 2 is 1.00 bits per heavy atom. The van der Waals surface area contributed by atoms with E-state index in [-0.39, 0.29) is 37.4 Å². The largest absolute Gasteiger partial charge is 0.508 e. The van der Waals surface area contributed by atoms with Crippen LogP contribution in [-0.4, -0.2) is 129 Å². The molecule has 64 heavy (non-hydrogen) atoms. The molecule has 0 aromatic heterocycles. The van der Waals surface area contributed by atoms with E-state index in [0.29, 0.717) is 11.1 Å². The van der Waals surface area contributed by atoms with Gasteiger partial charge in [0.05, 0.1) is 19.1 Å². The van der Waals surface area contributed by atoms with Crippen LogP contribution in [0.2, 0.25) is 0 Å². The van der Waals surface area contributed by atoms with Crippen molar-refractivity contribution < 1.29 is 68.4 Å². The van der Waals surface area contributed by atoms with Gasteiger partial charge in [-0.15, -0.1) is 0 Å². The second-order valence-electron chi connectivity index (χ2n) is 15.3. The number of aliphatic hydroxyl groups is 1. The summed E-state index contributed by atoms with van der Waals surface area (Å²) in [6.07, 6.45) is -2.84. The lowest BCUT2D eigenvalue weighted by Crippen LogP contribution is -2.60. The smallest absolute Gasteiger partial charge is 0.328 e. The molecular weight excluding hydrogens is 842 g/mol. The van der Waals surface area contributed by atoms with Crippen LogP contribution in [0, 0.1) is 5.92 Å². The summed E-state index contributed by atoms with van der Waals surface area (Å²) in [6, 6.07) is 3.01. The molecule has 2 rings (SSSR count). The summed E-state index contributed by atoms with van der Waals surface area (Å²) in [6.45, 7) is 2.43. The van der Waals surface area contributed by atoms with Gasteiger partial charge in [0, 0.05) is 25.7 Å². The van der Waals surface area contributed by atoms with E-state index in [1.165, 1.54) is 24.3 Å². The number of phenols is 1. The summed E-state index contributed by atoms with van der Waals surface area (Å²) in [5, 5.41) is 52.0. The van der Waals surface area contributed by atoms with Crippen molar-refractivity contribution in [2.75, 3.05) is 6.61 Å². The Labute approximate surface area is 367 Å². The number of hydrogen-bond acceptors (Lipinski definition) is 13. The minimum atomic E-state index is -1.77. The van der Waals surface area contributed by atoms with E-state index in [0.717, 1.165) is 0 Å². The fourth-order valence-electron chi connectivity index (χ4n) is 6.04. The number of benzene rings is 2. The third-order valence-electron chi connectivity index (χ3n) is 9.42. The Bertz CT molecular complexity index is 1970. The summed E-state index contributed by atoms with van der Waals surface area (Å²) in [5.74, 6) is -11.0. The van der Waals surface area contributed by atoms with Crippen molar-refractivity contribution in [3.8, 4) is 5.75 Å². The standard InChI is InChI=1S/C41H57N9O14/c1-21(2)16-27(47-40(62)30(19-33(44)54)46-35(57)25(42)12-15-34(55)56)37(59)48-29(18-23-8-10-24(52)11-9-23)39(61)49-28(17-22-6-4-3-5-7-22)38(60)45-26(13-14-32(43)53)36(58)50-31(20-51)41(63)64/h3-11,21,25-31,51-52H,12-20,42H2,1-2H3,(H2,43,53)(H2,44,54)(H,45,60)(H,46,57)(H,47,62)(H,48,59)(H,49,61)(H,50,58)(H,55,56)(H,63,64)/t25-,26-,27-,28-,29-,30-,31-/m0/s1. The van der Waals surface area contributed by atoms with Gasteiger partial charge in [-0.2, -0.15) is 0 Å². The molecule has 0 heterocycles. The number of carboxylic acid groups (broad SMARTS) is 2. The van der Waals surface area contributed by atoms with Crippen LogP contribution in [0.25, 0.3) is 0 Å². The van der Waals surface area contributed by atoms with E-state index in [2.05, 4.69) is 31.9 Å². The van der Waals surface area contributed by atoms with E-state index in [9.17, 15) is 63.3 Å². The van der Waals surface area contributed by atoms with Gasteiger partial charge in [0.15, 0.2) is 0 Å². The first-order valence-corrected chi connectivity index (χ1v) is 20.1. The van der Waals surface area contributed by atoms with E-state index in [1.54, 1.807) is 44.2 Å². The van der Waals surface area contributed by atoms with Gasteiger partial charge in [0.25, 0.3) is 0 Å². The minimum Gasteiger partial charge on any atom is -0.508 e. The molecule has 0 aliphatic carbocycles. The number of aliphatic carboxylic acids is 2. The molecule has 2 aromatic rings. The summed E-state index contributed by atoms with van der Waals surface area (Å²) in [5.41, 5.74) is 17.3. The lowest BCUT2D eigenvalue weighted by atomic mass is 9.99. The maximum Gasteiger partial charge on any atom is 0.328 e. The van der Waals surface area contributed by atoms with Gasteiger partial charge in [-0.3, -0.25) is 43.2 Å². The van der Waals surface area contributed by atoms with Crippen molar-refractivity contribution in [1.82, 2.24) is 31.9 Å². The molecule has 0 aliphatic rings. The lowest BCUT2D eigenvalue weighted by molar-refractivity contribution is -0.143. The van der Waals surface area contributed by atoms with E-state index >= 15 is 0 Å². The number of carbonyl (C=O) groups excluding carboxylic acids is 8. The molecule has 0 aliphatic heterocycles. The molecule has 0 bridgehead atoms. The van der Waals surface area contributed by atoms with Crippen LogP contribution in [0.1, 0.15) is 63.5 Å². The molecule has 0 radical (unpaired) electrons. The molecular formula is C41H57N9O14. The maximum absolute atomic E-state index is 14.3. The predicted octanol–water partition coefficient (Wildman–Crippen LogP) is -3.46. The highest BCUT2D eigenvalue weighted by Crippen LogP contribution is 2.14. The Balaban J connectivity index is 2.51. The normalized spacial score (nSPS) is 14.2. The monoisotopic (exact) mass is 899 g/mol. The molecule has 2 aromatic carbocycles. The number of nitrogens with two attached hydrogens (primary N) is 3. The van der Waals surface area contributed by atoms with Crippen molar-refractivity contribution in [1.29, 1.82) is 0 Å². The van der Waals surface area contributed by atoms with E-state index < -0.39 is 134 Å². The lowest BCUT2D eigenvalue weighted by Gasteiger charge is -2.28. The van der Waals surface area contributed by atoms with Gasteiger partial charge < -0.3 is 69.5 Å². The molecule has 7 atom stereocenters. The van der Waals surface area contributed by atoms with Crippen LogP contribution >= 0.6 is 0 Å². The molecule has 0 spiro atoms. The third-order valence-corrected chi connectivity index (χ3v) is 9.42. The first-order chi connectivity index (χ1) is 30.1. The second kappa shape index (κ2) is 26.4. The molecule has 8 amide bonds. The van der Waals surface area contributed by atoms with Crippen molar-refractivity contribution >= 4 is 59.2 Å². The zero-order valence-corrected chi connectivity index (χ0v) is 35.3. The molecule has 0 saturated heterocycles. The van der Waals surface area contributed by atoms with Gasteiger partial charge >= 0.3 is 11.9 Å². The highest BCUT2D eigenvalue weighted by molar-refractivity contribution is 5.98. The molecule has 16 N–H and O–H groups in total. The quantitative estimate of drug-likeness (QED) is 0.0395. The number of aromatic hydroxyl groups is 1. The van der Waals surface area contributed by atoms with Crippen molar-refractivity contribution in [3.05, 3.63) is 65.7 Å². The van der Waals surface area contributed by atoms with Gasteiger partial charge in [-0.05, 0) is 48.4 Å². The van der Waals surface area contributed by atoms with Crippen LogP contribution in [0.4, 0.5) is 0 Å². The number of carboxylic acids is 2. The Hall–Kier alpha value is -7.14. The van der Waals surface area contributed by atoms with Gasteiger partial charge in [-0.1, -0.05) is 56.3 Å². The van der Waals surface area contributed by atoms with Crippen LogP contribution < -0.4 is 49.1 Å². The number of rotatable bonds is 28. The minimum absolute atomic E-state index is 0.0483. The highest BCUT2D eigenvalue weighted by Gasteiger charge is 2.35. The zero-order valence-electron chi connectivity index (χ0n) is 35.3. The summed E-state index contributed by atoms with van der Waals surface area (Å²) in [7, 11) is 0. The maximum atomic E-state index is 14.3. The zero-order chi connectivity index (χ0) is 48.1. The van der Waals surface area contributed by atoms with Crippen molar-refractivity contribution in [2.24, 2.45) is 23.1 Å². The van der Waals surface area contributed by atoms with Crippen LogP contribution in [-0.2, 0) is 60.8 Å². The SMILES string of the molecule is CC(C)C[C@H](NC(=O)[C@H](CC(N)=O)NC(=O)[C@@H](N)CCC(=O)O)C(=O)N[C@@H](Cc1ccc(O)cc1)C(=O)N[C@@H](Cc1ccccc1)C(=O)N[C@@H](CCC(N)=O)C(=O)N[C@@H](CO)C(=O)O. The molecule has 0 fully saturated rings. The number of nitrogens with one attached hydrogen (secondary N) is 6. The fourth-order valence-corrected chi connectivity index (χ4v) is 6.04. The van der Waals surface area contributed by atoms with Gasteiger partial charge in [0.1, 0.15) is 42.0 Å². The van der Waals surface area contributed by atoms with E-state index in [1.807, 2.05) is 0 Å². The predicted molar refractivity (Wildman–Crippen MR) is 225 cm³/mol. The summed E-state index contributed by atoms with van der Waals surface area (Å²) in [4.78, 5) is 128. The first-order valence-electron chi connectivity index (χ1n) is 20.1. The Morgan fingerprint density at radius 3 is 1.48 bits per heavy atom. The van der Waals surface area contributed by atoms with Gasteiger partial charge in [0.2, 0.25) is 47.3 Å². The molecule has 23 nitrogen and oxygen atoms in total. The molecule has 350 valence electrons. The number of aliphatic hydroxyl groups excluding tert-OH is 1. The highest BCUT2D eigenvalue weighted by atomic mass is 16.4. The van der Waals surface area contributed by atoms with Crippen LogP contribution in [0.15, 0.2) is 54.6 Å². The number of amides is 8. The Kier molecular flexibility index (Phi) is 21.8. The summed E-state index contributed by atoms with van der Waals surface area (Å²) < 4.78 is 0. The van der Waals surface area contributed by atoms with Crippen molar-refractivity contribution in [2.45, 2.75) is 108 Å². The fraction of sp³-hybridized carbons (Fsp3) is 0.463.